The van der Waals surface area contributed by atoms with Gasteiger partial charge in [-0.15, -0.1) is 0 Å². The van der Waals surface area contributed by atoms with Crippen LogP contribution in [0, 0.1) is 5.82 Å². The summed E-state index contributed by atoms with van der Waals surface area (Å²) in [4.78, 5) is 0. The van der Waals surface area contributed by atoms with Crippen LogP contribution < -0.4 is 0 Å². The molecule has 0 unspecified atom stereocenters. The average Bonchev–Trinajstić information content (AvgIpc) is 1.99. The Labute approximate surface area is 67.9 Å². The number of benzene rings is 1. The van der Waals surface area contributed by atoms with Gasteiger partial charge in [0.2, 0.25) is 0 Å². The number of phenols is 1. The van der Waals surface area contributed by atoms with Gasteiger partial charge in [0.1, 0.15) is 0 Å². The molecule has 0 fully saturated rings. The lowest BCUT2D eigenvalue weighted by atomic mass is 10.2. The highest BCUT2D eigenvalue weighted by Gasteiger charge is 2.09. The molecule has 2 nitrogen and oxygen atoms in total. The number of rotatable bonds is 1. The Morgan fingerprint density at radius 3 is 2.55 bits per heavy atom. The number of halogens is 2. The van der Waals surface area contributed by atoms with Crippen LogP contribution >= 0.6 is 11.6 Å². The van der Waals surface area contributed by atoms with Crippen molar-refractivity contribution >= 4 is 11.6 Å². The van der Waals surface area contributed by atoms with E-state index < -0.39 is 18.2 Å². The number of aromatic hydroxyl groups is 1. The molecule has 0 spiro atoms. The van der Waals surface area contributed by atoms with Gasteiger partial charge in [-0.25, -0.2) is 4.39 Å². The predicted molar refractivity (Wildman–Crippen MR) is 39.0 cm³/mol. The number of aliphatic hydroxyl groups is 1. The van der Waals surface area contributed by atoms with E-state index in [1.54, 1.807) is 0 Å². The van der Waals surface area contributed by atoms with Gasteiger partial charge in [0, 0.05) is 10.6 Å². The first-order valence-electron chi connectivity index (χ1n) is 2.93. The fourth-order valence-electron chi connectivity index (χ4n) is 0.734. The number of hydrogen-bond donors (Lipinski definition) is 2. The van der Waals surface area contributed by atoms with Gasteiger partial charge in [0.25, 0.3) is 0 Å². The Balaban J connectivity index is 3.29. The van der Waals surface area contributed by atoms with Crippen molar-refractivity contribution < 1.29 is 14.6 Å². The first-order valence-corrected chi connectivity index (χ1v) is 3.31. The van der Waals surface area contributed by atoms with Gasteiger partial charge < -0.3 is 10.2 Å². The molecule has 1 aromatic rings. The molecule has 0 bridgehead atoms. The average molecular weight is 177 g/mol. The van der Waals surface area contributed by atoms with Crippen LogP contribution in [0.5, 0.6) is 5.75 Å². The van der Waals surface area contributed by atoms with Crippen molar-refractivity contribution in [3.8, 4) is 5.75 Å². The quantitative estimate of drug-likeness (QED) is 0.684. The van der Waals surface area contributed by atoms with Crippen molar-refractivity contribution in [1.29, 1.82) is 0 Å². The van der Waals surface area contributed by atoms with Gasteiger partial charge in [0.05, 0.1) is 6.61 Å². The second kappa shape index (κ2) is 3.07. The van der Waals surface area contributed by atoms with Crippen molar-refractivity contribution in [1.82, 2.24) is 0 Å². The molecule has 1 aromatic carbocycles. The zero-order valence-electron chi connectivity index (χ0n) is 5.51. The van der Waals surface area contributed by atoms with Gasteiger partial charge in [-0.3, -0.25) is 0 Å². The lowest BCUT2D eigenvalue weighted by Gasteiger charge is -2.03. The minimum Gasteiger partial charge on any atom is -0.505 e. The molecule has 0 saturated carbocycles. The van der Waals surface area contributed by atoms with Crippen molar-refractivity contribution in [2.75, 3.05) is 0 Å². The second-order valence-corrected chi connectivity index (χ2v) is 2.42. The lowest BCUT2D eigenvalue weighted by molar-refractivity contribution is 0.273. The Kier molecular flexibility index (Phi) is 2.31. The van der Waals surface area contributed by atoms with E-state index in [9.17, 15) is 4.39 Å². The van der Waals surface area contributed by atoms with Crippen LogP contribution in [-0.2, 0) is 6.61 Å². The molecule has 0 aromatic heterocycles. The number of aliphatic hydroxyl groups excluding tert-OH is 1. The summed E-state index contributed by atoms with van der Waals surface area (Å²) in [5.74, 6) is -1.36. The molecule has 0 aliphatic rings. The van der Waals surface area contributed by atoms with Crippen molar-refractivity contribution in [2.45, 2.75) is 6.61 Å². The molecule has 2 N–H and O–H groups in total. The van der Waals surface area contributed by atoms with Gasteiger partial charge in [-0.1, -0.05) is 11.6 Å². The summed E-state index contributed by atoms with van der Waals surface area (Å²) in [6.07, 6.45) is 0. The molecule has 0 radical (unpaired) electrons. The fraction of sp³-hybridized carbons (Fsp3) is 0.143. The predicted octanol–water partition coefficient (Wildman–Crippen LogP) is 1.68. The van der Waals surface area contributed by atoms with Crippen LogP contribution in [0.15, 0.2) is 12.1 Å². The third kappa shape index (κ3) is 1.44. The van der Waals surface area contributed by atoms with E-state index in [1.807, 2.05) is 0 Å². The maximum Gasteiger partial charge on any atom is 0.165 e. The van der Waals surface area contributed by atoms with Crippen LogP contribution in [0.25, 0.3) is 0 Å². The molecule has 4 heteroatoms. The summed E-state index contributed by atoms with van der Waals surface area (Å²) in [6.45, 7) is -0.470. The topological polar surface area (TPSA) is 40.5 Å². The van der Waals surface area contributed by atoms with E-state index in [4.69, 9.17) is 21.8 Å². The lowest BCUT2D eigenvalue weighted by Crippen LogP contribution is -1.88. The van der Waals surface area contributed by atoms with Crippen LogP contribution in [0.4, 0.5) is 4.39 Å². The summed E-state index contributed by atoms with van der Waals surface area (Å²) < 4.78 is 12.5. The standard InChI is InChI=1S/C7H6ClFO2/c8-5-1-2-6(9)7(11)4(5)3-10/h1-2,10-11H,3H2. The third-order valence-corrected chi connectivity index (χ3v) is 1.69. The molecule has 0 saturated heterocycles. The zero-order chi connectivity index (χ0) is 8.43. The fourth-order valence-corrected chi connectivity index (χ4v) is 0.946. The van der Waals surface area contributed by atoms with Gasteiger partial charge in [0.15, 0.2) is 11.6 Å². The first kappa shape index (κ1) is 8.30. The zero-order valence-corrected chi connectivity index (χ0v) is 6.27. The summed E-state index contributed by atoms with van der Waals surface area (Å²) in [5.41, 5.74) is 0.0201. The van der Waals surface area contributed by atoms with Crippen LogP contribution in [0.3, 0.4) is 0 Å². The van der Waals surface area contributed by atoms with E-state index in [2.05, 4.69) is 0 Å². The Bertz CT molecular complexity index is 275. The van der Waals surface area contributed by atoms with Crippen LogP contribution in [-0.4, -0.2) is 10.2 Å². The Hall–Kier alpha value is -0.800. The molecule has 0 aliphatic carbocycles. The normalized spacial score (nSPS) is 10.1. The maximum atomic E-state index is 12.5. The molecule has 0 atom stereocenters. The second-order valence-electron chi connectivity index (χ2n) is 2.01. The van der Waals surface area contributed by atoms with Gasteiger partial charge in [-0.05, 0) is 12.1 Å². The monoisotopic (exact) mass is 176 g/mol. The maximum absolute atomic E-state index is 12.5. The van der Waals surface area contributed by atoms with Crippen molar-refractivity contribution in [3.63, 3.8) is 0 Å². The highest BCUT2D eigenvalue weighted by molar-refractivity contribution is 6.31. The minimum absolute atomic E-state index is 0.0201. The smallest absolute Gasteiger partial charge is 0.165 e. The van der Waals surface area contributed by atoms with Gasteiger partial charge >= 0.3 is 0 Å². The highest BCUT2D eigenvalue weighted by atomic mass is 35.5. The molecule has 11 heavy (non-hydrogen) atoms. The van der Waals surface area contributed by atoms with Crippen molar-refractivity contribution in [2.24, 2.45) is 0 Å². The molecule has 0 aliphatic heterocycles. The van der Waals surface area contributed by atoms with E-state index in [1.165, 1.54) is 6.07 Å². The van der Waals surface area contributed by atoms with Gasteiger partial charge in [-0.2, -0.15) is 0 Å². The largest absolute Gasteiger partial charge is 0.505 e. The van der Waals surface area contributed by atoms with E-state index in [-0.39, 0.29) is 10.6 Å². The van der Waals surface area contributed by atoms with E-state index in [0.29, 0.717) is 0 Å². The summed E-state index contributed by atoms with van der Waals surface area (Å²) in [5, 5.41) is 17.7. The van der Waals surface area contributed by atoms with E-state index in [0.717, 1.165) is 6.07 Å². The first-order chi connectivity index (χ1) is 5.16. The molecular weight excluding hydrogens is 171 g/mol. The van der Waals surface area contributed by atoms with E-state index >= 15 is 0 Å². The SMILES string of the molecule is OCc1c(Cl)ccc(F)c1O. The summed E-state index contributed by atoms with van der Waals surface area (Å²) in [7, 11) is 0. The van der Waals surface area contributed by atoms with Crippen molar-refractivity contribution in [3.05, 3.63) is 28.5 Å². The number of hydrogen-bond acceptors (Lipinski definition) is 2. The Morgan fingerprint density at radius 1 is 1.45 bits per heavy atom. The van der Waals surface area contributed by atoms with Crippen LogP contribution in [0.1, 0.15) is 5.56 Å². The molecule has 1 rings (SSSR count). The Morgan fingerprint density at radius 2 is 2.09 bits per heavy atom. The highest BCUT2D eigenvalue weighted by Crippen LogP contribution is 2.27. The summed E-state index contributed by atoms with van der Waals surface area (Å²) in [6, 6.07) is 2.32. The molecule has 60 valence electrons. The third-order valence-electron chi connectivity index (χ3n) is 1.33. The summed E-state index contributed by atoms with van der Waals surface area (Å²) >= 11 is 5.51. The molecule has 0 heterocycles. The minimum atomic E-state index is -0.779. The molecular formula is C7H6ClFO2. The van der Waals surface area contributed by atoms with Crippen LogP contribution in [0.2, 0.25) is 5.02 Å². The molecule has 0 amide bonds.